The molecule has 1 aliphatic rings. The normalized spacial score (nSPS) is 16.5. The number of alkyl halides is 2. The maximum Gasteiger partial charge on any atom is 0.261 e. The van der Waals surface area contributed by atoms with Gasteiger partial charge in [-0.25, -0.2) is 8.78 Å². The topological polar surface area (TPSA) is 99.5 Å². The van der Waals surface area contributed by atoms with Crippen LogP contribution in [-0.4, -0.2) is 62.2 Å². The number of hydrogen-bond acceptors (Lipinski definition) is 6. The Morgan fingerprint density at radius 1 is 1.18 bits per heavy atom. The van der Waals surface area contributed by atoms with Crippen molar-refractivity contribution in [2.45, 2.75) is 25.7 Å². The molecule has 1 aliphatic heterocycles. The number of likely N-dealkylation sites (tertiary alicyclic amines) is 1. The summed E-state index contributed by atoms with van der Waals surface area (Å²) in [5.41, 5.74) is 12.5. The van der Waals surface area contributed by atoms with Crippen molar-refractivity contribution in [1.82, 2.24) is 30.0 Å². The Morgan fingerprint density at radius 3 is 2.77 bits per heavy atom. The van der Waals surface area contributed by atoms with E-state index in [1.807, 2.05) is 25.1 Å². The SMILES string of the molecule is CC/C=C(\C=C(/CN)CN1CCC(F)(F)C1)c1cc2c(-c3cc4c(-c5ccc(F)s5)cncc4[nH]3)n[nH]c2cn1. The minimum Gasteiger partial charge on any atom is -0.352 e. The van der Waals surface area contributed by atoms with E-state index in [1.54, 1.807) is 29.6 Å². The molecule has 6 heterocycles. The van der Waals surface area contributed by atoms with Gasteiger partial charge in [-0.05, 0) is 41.8 Å². The van der Waals surface area contributed by atoms with Gasteiger partial charge in [-0.3, -0.25) is 20.0 Å². The van der Waals surface area contributed by atoms with Crippen molar-refractivity contribution in [3.05, 3.63) is 71.4 Å². The molecule has 40 heavy (non-hydrogen) atoms. The van der Waals surface area contributed by atoms with Crippen LogP contribution in [0.2, 0.25) is 0 Å². The summed E-state index contributed by atoms with van der Waals surface area (Å²) in [5.74, 6) is -2.65. The standard InChI is InChI=1S/C29H28F3N7S/c1-2-3-18(8-17(11-33)15-39-7-6-29(31,32)16-39)22-10-20-25(14-35-22)37-38-28(20)23-9-19-21(12-34-13-24(19)36-23)26-4-5-27(30)40-26/h3-5,8-10,12-14,36H,2,6-7,11,15-16,33H2,1H3,(H,37,38)/b17-8+,18-3+. The van der Waals surface area contributed by atoms with E-state index in [0.717, 1.165) is 78.2 Å². The summed E-state index contributed by atoms with van der Waals surface area (Å²) in [6.45, 7) is 2.80. The Morgan fingerprint density at radius 2 is 2.05 bits per heavy atom. The lowest BCUT2D eigenvalue weighted by molar-refractivity contribution is 0.0131. The fourth-order valence-electron chi connectivity index (χ4n) is 5.19. The summed E-state index contributed by atoms with van der Waals surface area (Å²) in [6, 6.07) is 7.18. The summed E-state index contributed by atoms with van der Waals surface area (Å²) < 4.78 is 41.2. The molecule has 1 fully saturated rings. The fourth-order valence-corrected chi connectivity index (χ4v) is 5.94. The number of halogens is 3. The van der Waals surface area contributed by atoms with Gasteiger partial charge in [0.25, 0.3) is 5.92 Å². The molecule has 0 spiro atoms. The van der Waals surface area contributed by atoms with Crippen LogP contribution in [0.15, 0.2) is 60.6 Å². The minimum atomic E-state index is -2.65. The van der Waals surface area contributed by atoms with Gasteiger partial charge in [0, 0.05) is 53.5 Å². The zero-order chi connectivity index (χ0) is 27.9. The molecule has 6 rings (SSSR count). The van der Waals surface area contributed by atoms with E-state index in [2.05, 4.69) is 31.2 Å². The van der Waals surface area contributed by atoms with Crippen molar-refractivity contribution in [3.8, 4) is 21.8 Å². The first kappa shape index (κ1) is 26.4. The molecule has 7 nitrogen and oxygen atoms in total. The molecular weight excluding hydrogens is 535 g/mol. The van der Waals surface area contributed by atoms with E-state index in [1.165, 1.54) is 6.07 Å². The molecule has 0 bridgehead atoms. The number of H-pyrrole nitrogens is 2. The molecule has 0 aromatic carbocycles. The third-order valence-electron chi connectivity index (χ3n) is 7.10. The minimum absolute atomic E-state index is 0.125. The highest BCUT2D eigenvalue weighted by atomic mass is 32.1. The molecule has 0 amide bonds. The highest BCUT2D eigenvalue weighted by Gasteiger charge is 2.38. The number of thiophene rings is 1. The van der Waals surface area contributed by atoms with Gasteiger partial charge in [0.1, 0.15) is 5.69 Å². The predicted octanol–water partition coefficient (Wildman–Crippen LogP) is 6.39. The van der Waals surface area contributed by atoms with Crippen LogP contribution in [0.1, 0.15) is 25.5 Å². The van der Waals surface area contributed by atoms with Crippen molar-refractivity contribution in [2.75, 3.05) is 26.2 Å². The van der Waals surface area contributed by atoms with Crippen LogP contribution >= 0.6 is 11.3 Å². The molecule has 0 unspecified atom stereocenters. The fraction of sp³-hybridized carbons (Fsp3) is 0.276. The van der Waals surface area contributed by atoms with Gasteiger partial charge < -0.3 is 10.7 Å². The van der Waals surface area contributed by atoms with E-state index >= 15 is 0 Å². The van der Waals surface area contributed by atoms with E-state index in [9.17, 15) is 13.2 Å². The molecule has 0 saturated carbocycles. The van der Waals surface area contributed by atoms with Gasteiger partial charge in [-0.1, -0.05) is 19.1 Å². The number of pyridine rings is 2. The van der Waals surface area contributed by atoms with Crippen LogP contribution < -0.4 is 5.73 Å². The van der Waals surface area contributed by atoms with Crippen LogP contribution in [0.4, 0.5) is 13.2 Å². The number of aromatic amines is 2. The second kappa shape index (κ2) is 10.6. The average molecular weight is 564 g/mol. The van der Waals surface area contributed by atoms with Crippen molar-refractivity contribution in [2.24, 2.45) is 5.73 Å². The zero-order valence-corrected chi connectivity index (χ0v) is 22.7. The number of nitrogens with zero attached hydrogens (tertiary/aromatic N) is 4. The van der Waals surface area contributed by atoms with Crippen molar-refractivity contribution in [1.29, 1.82) is 0 Å². The molecular formula is C29H28F3N7S. The summed E-state index contributed by atoms with van der Waals surface area (Å²) >= 11 is 1.08. The second-order valence-corrected chi connectivity index (χ2v) is 11.0. The van der Waals surface area contributed by atoms with Gasteiger partial charge in [-0.15, -0.1) is 11.3 Å². The van der Waals surface area contributed by atoms with Crippen LogP contribution in [0.5, 0.6) is 0 Å². The Bertz CT molecular complexity index is 1750. The molecule has 206 valence electrons. The quantitative estimate of drug-likeness (QED) is 0.190. The highest BCUT2D eigenvalue weighted by Crippen LogP contribution is 2.36. The van der Waals surface area contributed by atoms with Crippen molar-refractivity contribution in [3.63, 3.8) is 0 Å². The van der Waals surface area contributed by atoms with Gasteiger partial charge in [0.05, 0.1) is 41.4 Å². The van der Waals surface area contributed by atoms with Crippen LogP contribution in [0.25, 0.3) is 49.2 Å². The number of fused-ring (bicyclic) bond motifs is 2. The number of nitrogens with one attached hydrogen (secondary N) is 2. The van der Waals surface area contributed by atoms with Crippen molar-refractivity contribution >= 4 is 38.7 Å². The third-order valence-corrected chi connectivity index (χ3v) is 8.01. The predicted molar refractivity (Wildman–Crippen MR) is 154 cm³/mol. The molecule has 1 saturated heterocycles. The van der Waals surface area contributed by atoms with E-state index < -0.39 is 5.92 Å². The van der Waals surface area contributed by atoms with E-state index in [0.29, 0.717) is 13.1 Å². The van der Waals surface area contributed by atoms with Gasteiger partial charge >= 0.3 is 0 Å². The summed E-state index contributed by atoms with van der Waals surface area (Å²) in [7, 11) is 0. The van der Waals surface area contributed by atoms with E-state index in [4.69, 9.17) is 5.73 Å². The Labute approximate surface area is 232 Å². The Hall–Kier alpha value is -3.80. The molecule has 0 aliphatic carbocycles. The van der Waals surface area contributed by atoms with Crippen LogP contribution in [-0.2, 0) is 0 Å². The molecule has 11 heteroatoms. The zero-order valence-electron chi connectivity index (χ0n) is 21.8. The van der Waals surface area contributed by atoms with Gasteiger partial charge in [0.15, 0.2) is 5.13 Å². The smallest absolute Gasteiger partial charge is 0.261 e. The lowest BCUT2D eigenvalue weighted by Crippen LogP contribution is -2.28. The lowest BCUT2D eigenvalue weighted by atomic mass is 10.0. The summed E-state index contributed by atoms with van der Waals surface area (Å²) in [6.07, 6.45) is 9.89. The largest absolute Gasteiger partial charge is 0.352 e. The summed E-state index contributed by atoms with van der Waals surface area (Å²) in [5, 5.41) is 9.17. The maximum absolute atomic E-state index is 13.7. The lowest BCUT2D eigenvalue weighted by Gasteiger charge is -2.17. The van der Waals surface area contributed by atoms with E-state index in [-0.39, 0.29) is 24.6 Å². The first-order chi connectivity index (χ1) is 19.3. The monoisotopic (exact) mass is 563 g/mol. The number of rotatable bonds is 8. The van der Waals surface area contributed by atoms with Crippen LogP contribution in [0, 0.1) is 5.13 Å². The van der Waals surface area contributed by atoms with Gasteiger partial charge in [-0.2, -0.15) is 9.49 Å². The summed E-state index contributed by atoms with van der Waals surface area (Å²) in [4.78, 5) is 15.0. The highest BCUT2D eigenvalue weighted by molar-refractivity contribution is 7.14. The Kier molecular flexibility index (Phi) is 7.03. The number of nitrogens with two attached hydrogens (primary N) is 1. The van der Waals surface area contributed by atoms with Gasteiger partial charge in [0.2, 0.25) is 0 Å². The molecule has 4 N–H and O–H groups in total. The number of aromatic nitrogens is 5. The second-order valence-electron chi connectivity index (χ2n) is 10.0. The first-order valence-electron chi connectivity index (χ1n) is 13.1. The number of hydrogen-bond donors (Lipinski definition) is 3. The maximum atomic E-state index is 13.7. The number of allylic oxidation sites excluding steroid dienone is 3. The average Bonchev–Trinajstić information content (AvgIpc) is 3.72. The third kappa shape index (κ3) is 5.19. The van der Waals surface area contributed by atoms with Crippen LogP contribution in [0.3, 0.4) is 0 Å². The molecule has 0 atom stereocenters. The van der Waals surface area contributed by atoms with Crippen molar-refractivity contribution < 1.29 is 13.2 Å². The first-order valence-corrected chi connectivity index (χ1v) is 13.9. The Balaban J connectivity index is 1.36. The molecule has 0 radical (unpaired) electrons. The molecule has 5 aromatic heterocycles. The molecule has 5 aromatic rings.